The molecule has 4 aromatic carbocycles. The minimum absolute atomic E-state index is 0.0220. The molecule has 2 saturated heterocycles. The number of carbonyl (C=O) groups is 2. The molecule has 370 valence electrons. The molecule has 2 aliphatic carbocycles. The minimum atomic E-state index is -0.352. The molecular weight excluding hydrogens is 837 g/mol. The summed E-state index contributed by atoms with van der Waals surface area (Å²) in [5.74, 6) is 4.88. The molecule has 2 aliphatic heterocycles. The van der Waals surface area contributed by atoms with E-state index in [4.69, 9.17) is 29.2 Å². The van der Waals surface area contributed by atoms with Crippen molar-refractivity contribution in [3.8, 4) is 11.5 Å². The van der Waals surface area contributed by atoms with Crippen molar-refractivity contribution < 1.29 is 38.7 Å². The van der Waals surface area contributed by atoms with Crippen molar-refractivity contribution in [1.82, 2.24) is 0 Å². The molecule has 9 unspecified atom stereocenters. The van der Waals surface area contributed by atoms with Gasteiger partial charge in [0.1, 0.15) is 36.9 Å². The molecule has 8 rings (SSSR count). The summed E-state index contributed by atoms with van der Waals surface area (Å²) >= 11 is 0. The number of aromatic hydroxyl groups is 2. The summed E-state index contributed by atoms with van der Waals surface area (Å²) in [6.45, 7) is 30.0. The summed E-state index contributed by atoms with van der Waals surface area (Å²) in [7, 11) is 0. The van der Waals surface area contributed by atoms with Gasteiger partial charge in [-0.25, -0.2) is 0 Å². The summed E-state index contributed by atoms with van der Waals surface area (Å²) in [5, 5.41) is 18.0. The van der Waals surface area contributed by atoms with E-state index < -0.39 is 0 Å². The van der Waals surface area contributed by atoms with Gasteiger partial charge in [0.15, 0.2) is 0 Å². The standard InChI is InChI=1S/2C11H14.2C10H14O.C9H16O3.C8H14O3/c2*1-8-7-10-5-3-4-6-11(10)9(8)2;2*1-3-8(2)9-4-6-10(11)7-5-9;1-4-9(2,3)8(10)12-6-7-5-11-7;1-3-6(2)8(9)11-5-7-4-10-7/h2*3-6,8-9H,7H2,1-2H3;2*4-8,11H,3H2,1-2H3;7H,4-6H2,1-3H3;6-7H,3-5H2,1-2H3. The number of epoxide rings is 2. The maximum Gasteiger partial charge on any atom is 0.311 e. The Labute approximate surface area is 405 Å². The summed E-state index contributed by atoms with van der Waals surface area (Å²) in [6, 6.07) is 32.5. The van der Waals surface area contributed by atoms with Gasteiger partial charge < -0.3 is 29.2 Å². The highest BCUT2D eigenvalue weighted by atomic mass is 16.6. The lowest BCUT2D eigenvalue weighted by molar-refractivity contribution is -0.154. The van der Waals surface area contributed by atoms with Gasteiger partial charge in [0.2, 0.25) is 0 Å². The van der Waals surface area contributed by atoms with Crippen LogP contribution in [0.5, 0.6) is 11.5 Å². The number of phenolic OH excluding ortho intramolecular Hbond substituents is 2. The number of ether oxygens (including phenoxy) is 4. The molecule has 0 radical (unpaired) electrons. The zero-order valence-electron chi connectivity index (χ0n) is 43.3. The van der Waals surface area contributed by atoms with E-state index in [-0.39, 0.29) is 35.5 Å². The molecular formula is C59H86O8. The van der Waals surface area contributed by atoms with Crippen molar-refractivity contribution in [3.05, 3.63) is 130 Å². The molecule has 0 saturated carbocycles. The maximum absolute atomic E-state index is 11.4. The highest BCUT2D eigenvalue weighted by molar-refractivity contribution is 5.75. The predicted octanol–water partition coefficient (Wildman–Crippen LogP) is 14.1. The fraction of sp³-hybridized carbons (Fsp3) is 0.559. The van der Waals surface area contributed by atoms with Crippen LogP contribution in [0.15, 0.2) is 97.1 Å². The number of phenols is 2. The number of hydrogen-bond acceptors (Lipinski definition) is 8. The molecule has 4 aromatic rings. The van der Waals surface area contributed by atoms with Crippen molar-refractivity contribution >= 4 is 11.9 Å². The molecule has 8 heteroatoms. The number of fused-ring (bicyclic) bond motifs is 2. The van der Waals surface area contributed by atoms with E-state index in [0.717, 1.165) is 62.6 Å². The number of rotatable bonds is 12. The van der Waals surface area contributed by atoms with Gasteiger partial charge in [-0.1, -0.05) is 149 Å². The Hall–Kier alpha value is -4.66. The second-order valence-corrected chi connectivity index (χ2v) is 19.8. The summed E-state index contributed by atoms with van der Waals surface area (Å²) in [6.07, 6.45) is 6.83. The zero-order chi connectivity index (χ0) is 49.7. The lowest BCUT2D eigenvalue weighted by Crippen LogP contribution is -2.27. The molecule has 0 bridgehead atoms. The van der Waals surface area contributed by atoms with Crippen molar-refractivity contribution in [2.24, 2.45) is 23.2 Å². The second-order valence-electron chi connectivity index (χ2n) is 19.8. The van der Waals surface area contributed by atoms with Crippen LogP contribution in [0.25, 0.3) is 0 Å². The molecule has 9 atom stereocenters. The lowest BCUT2D eigenvalue weighted by atomic mass is 9.91. The number of benzene rings is 4. The normalized spacial score (nSPS) is 21.6. The summed E-state index contributed by atoms with van der Waals surface area (Å²) in [4.78, 5) is 22.4. The van der Waals surface area contributed by atoms with Crippen molar-refractivity contribution in [3.63, 3.8) is 0 Å². The Balaban J connectivity index is 0.000000213. The minimum Gasteiger partial charge on any atom is -0.508 e. The fourth-order valence-corrected chi connectivity index (χ4v) is 7.39. The van der Waals surface area contributed by atoms with E-state index in [1.165, 1.54) is 24.0 Å². The Kier molecular flexibility index (Phi) is 24.2. The quantitative estimate of drug-likeness (QED) is 0.107. The van der Waals surface area contributed by atoms with Crippen molar-refractivity contribution in [2.45, 2.75) is 164 Å². The van der Waals surface area contributed by atoms with Crippen LogP contribution in [-0.4, -0.2) is 60.8 Å². The zero-order valence-corrected chi connectivity index (χ0v) is 43.3. The largest absolute Gasteiger partial charge is 0.508 e. The monoisotopic (exact) mass is 923 g/mol. The third kappa shape index (κ3) is 19.8. The van der Waals surface area contributed by atoms with E-state index in [9.17, 15) is 9.59 Å². The van der Waals surface area contributed by atoms with Gasteiger partial charge in [-0.2, -0.15) is 0 Å². The second kappa shape index (κ2) is 28.6. The van der Waals surface area contributed by atoms with E-state index >= 15 is 0 Å². The average molecular weight is 923 g/mol. The first-order valence-corrected chi connectivity index (χ1v) is 25.2. The Morgan fingerprint density at radius 3 is 1.30 bits per heavy atom. The number of hydrogen-bond donors (Lipinski definition) is 2. The molecule has 4 aliphatic rings. The molecule has 2 heterocycles. The van der Waals surface area contributed by atoms with E-state index in [1.807, 2.05) is 58.9 Å². The summed E-state index contributed by atoms with van der Waals surface area (Å²) < 4.78 is 19.8. The average Bonchev–Trinajstić information content (AvgIpc) is 4.29. The van der Waals surface area contributed by atoms with Crippen molar-refractivity contribution in [2.75, 3.05) is 26.4 Å². The van der Waals surface area contributed by atoms with Gasteiger partial charge >= 0.3 is 11.9 Å². The molecule has 8 nitrogen and oxygen atoms in total. The summed E-state index contributed by atoms with van der Waals surface area (Å²) in [5.41, 5.74) is 8.50. The van der Waals surface area contributed by atoms with Crippen LogP contribution in [0.2, 0.25) is 0 Å². The highest BCUT2D eigenvalue weighted by Gasteiger charge is 2.31. The number of esters is 2. The first-order chi connectivity index (χ1) is 31.8. The third-order valence-electron chi connectivity index (χ3n) is 14.1. The first kappa shape index (κ1) is 56.7. The molecule has 2 N–H and O–H groups in total. The van der Waals surface area contributed by atoms with Crippen LogP contribution < -0.4 is 0 Å². The van der Waals surface area contributed by atoms with Crippen molar-refractivity contribution in [1.29, 1.82) is 0 Å². The Bertz CT molecular complexity index is 1910. The van der Waals surface area contributed by atoms with Crippen LogP contribution in [0, 0.1) is 23.2 Å². The third-order valence-corrected chi connectivity index (χ3v) is 14.1. The van der Waals surface area contributed by atoms with E-state index in [0.29, 0.717) is 36.5 Å². The van der Waals surface area contributed by atoms with E-state index in [1.54, 1.807) is 46.5 Å². The predicted molar refractivity (Wildman–Crippen MR) is 274 cm³/mol. The van der Waals surface area contributed by atoms with Crippen LogP contribution >= 0.6 is 0 Å². The smallest absolute Gasteiger partial charge is 0.311 e. The SMILES string of the molecule is CC1Cc2ccccc2C1C.CC1Cc2ccccc2C1C.CCC(C)(C)C(=O)OCC1CO1.CCC(C)C(=O)OCC1CO1.CCC(C)c1ccc(O)cc1.CCC(C)c1ccc(O)cc1. The topological polar surface area (TPSA) is 118 Å². The molecule has 67 heavy (non-hydrogen) atoms. The van der Waals surface area contributed by atoms with Gasteiger partial charge in [0.25, 0.3) is 0 Å². The van der Waals surface area contributed by atoms with Gasteiger partial charge in [0.05, 0.1) is 24.5 Å². The lowest BCUT2D eigenvalue weighted by Gasteiger charge is -2.19. The van der Waals surface area contributed by atoms with Gasteiger partial charge in [-0.3, -0.25) is 9.59 Å². The van der Waals surface area contributed by atoms with Gasteiger partial charge in [0, 0.05) is 0 Å². The van der Waals surface area contributed by atoms with E-state index in [2.05, 4.69) is 104 Å². The molecule has 0 amide bonds. The highest BCUT2D eigenvalue weighted by Crippen LogP contribution is 2.37. The van der Waals surface area contributed by atoms with Crippen LogP contribution in [0.4, 0.5) is 0 Å². The van der Waals surface area contributed by atoms with Crippen LogP contribution in [0.1, 0.15) is 173 Å². The maximum atomic E-state index is 11.4. The van der Waals surface area contributed by atoms with Gasteiger partial charge in [-0.05, 0) is 146 Å². The fourth-order valence-electron chi connectivity index (χ4n) is 7.39. The molecule has 0 aromatic heterocycles. The Morgan fingerprint density at radius 2 is 0.970 bits per heavy atom. The van der Waals surface area contributed by atoms with Gasteiger partial charge in [-0.15, -0.1) is 0 Å². The first-order valence-electron chi connectivity index (χ1n) is 25.2. The molecule has 0 spiro atoms. The van der Waals surface area contributed by atoms with Crippen LogP contribution in [-0.2, 0) is 41.4 Å². The van der Waals surface area contributed by atoms with Crippen LogP contribution in [0.3, 0.4) is 0 Å². The number of carbonyl (C=O) groups excluding carboxylic acids is 2. The Morgan fingerprint density at radius 1 is 0.597 bits per heavy atom. The molecule has 2 fully saturated rings.